The second-order valence-electron chi connectivity index (χ2n) is 7.43. The summed E-state index contributed by atoms with van der Waals surface area (Å²) >= 11 is 1.92. The van der Waals surface area contributed by atoms with Crippen LogP contribution < -0.4 is 10.1 Å². The van der Waals surface area contributed by atoms with Crippen molar-refractivity contribution >= 4 is 23.4 Å². The molecule has 1 aliphatic carbocycles. The number of hydrogen-bond acceptors (Lipinski definition) is 4. The van der Waals surface area contributed by atoms with Gasteiger partial charge >= 0.3 is 5.97 Å². The van der Waals surface area contributed by atoms with E-state index in [2.05, 4.69) is 41.7 Å². The number of benzene rings is 2. The van der Waals surface area contributed by atoms with Crippen molar-refractivity contribution in [1.82, 2.24) is 0 Å². The molecular weight excluding hydrogens is 358 g/mol. The monoisotopic (exact) mass is 379 g/mol. The molecule has 1 fully saturated rings. The van der Waals surface area contributed by atoms with Gasteiger partial charge in [0.15, 0.2) is 0 Å². The molecule has 2 aromatic rings. The number of anilines is 1. The summed E-state index contributed by atoms with van der Waals surface area (Å²) < 4.78 is 5.96. The number of thioether (sulfide) groups is 1. The van der Waals surface area contributed by atoms with E-state index in [-0.39, 0.29) is 12.0 Å². The summed E-state index contributed by atoms with van der Waals surface area (Å²) in [5, 5.41) is 13.0. The number of carboxylic acid groups (broad SMARTS) is 1. The average Bonchev–Trinajstić information content (AvgIpc) is 3.14. The van der Waals surface area contributed by atoms with Gasteiger partial charge in [-0.1, -0.05) is 24.3 Å². The molecule has 0 amide bonds. The lowest BCUT2D eigenvalue weighted by atomic mass is 9.76. The highest BCUT2D eigenvalue weighted by Gasteiger charge is 2.38. The molecule has 2 aliphatic heterocycles. The fourth-order valence-electron chi connectivity index (χ4n) is 4.29. The molecule has 4 nitrogen and oxygen atoms in total. The van der Waals surface area contributed by atoms with Crippen LogP contribution in [0.15, 0.2) is 54.6 Å². The zero-order valence-electron chi connectivity index (χ0n) is 14.8. The van der Waals surface area contributed by atoms with E-state index in [1.165, 1.54) is 5.56 Å². The first kappa shape index (κ1) is 16.8. The van der Waals surface area contributed by atoms with Gasteiger partial charge in [-0.2, -0.15) is 11.8 Å². The van der Waals surface area contributed by atoms with Gasteiger partial charge in [0.05, 0.1) is 11.6 Å². The molecule has 0 aromatic heterocycles. The van der Waals surface area contributed by atoms with Crippen LogP contribution in [0.4, 0.5) is 5.69 Å². The molecule has 2 N–H and O–H groups in total. The molecule has 0 bridgehead atoms. The van der Waals surface area contributed by atoms with Crippen molar-refractivity contribution in [1.29, 1.82) is 0 Å². The Bertz CT molecular complexity index is 904. The van der Waals surface area contributed by atoms with Gasteiger partial charge < -0.3 is 15.2 Å². The Labute approximate surface area is 162 Å². The molecule has 1 saturated heterocycles. The number of nitrogens with one attached hydrogen (secondary N) is 1. The van der Waals surface area contributed by atoms with Crippen molar-refractivity contribution in [3.8, 4) is 5.75 Å². The minimum Gasteiger partial charge on any atom is -0.489 e. The highest BCUT2D eigenvalue weighted by atomic mass is 32.2. The maximum Gasteiger partial charge on any atom is 0.335 e. The molecule has 0 unspecified atom stereocenters. The molecule has 3 atom stereocenters. The topological polar surface area (TPSA) is 58.6 Å². The number of rotatable bonds is 4. The van der Waals surface area contributed by atoms with Crippen LogP contribution in [-0.4, -0.2) is 28.7 Å². The number of aromatic carboxylic acids is 1. The summed E-state index contributed by atoms with van der Waals surface area (Å²) in [5.74, 6) is 2.88. The van der Waals surface area contributed by atoms with E-state index < -0.39 is 5.97 Å². The third-order valence-corrected chi connectivity index (χ3v) is 6.97. The fraction of sp³-hybridized carbons (Fsp3) is 0.318. The highest BCUT2D eigenvalue weighted by molar-refractivity contribution is 8.00. The van der Waals surface area contributed by atoms with Gasteiger partial charge in [0.2, 0.25) is 0 Å². The highest BCUT2D eigenvalue weighted by Crippen LogP contribution is 2.50. The van der Waals surface area contributed by atoms with Crippen molar-refractivity contribution in [3.63, 3.8) is 0 Å². The van der Waals surface area contributed by atoms with Crippen LogP contribution in [0.3, 0.4) is 0 Å². The number of carbonyl (C=O) groups is 1. The Balaban J connectivity index is 1.43. The molecule has 3 aliphatic rings. The second-order valence-corrected chi connectivity index (χ2v) is 8.50. The predicted octanol–water partition coefficient (Wildman–Crippen LogP) is 4.71. The summed E-state index contributed by atoms with van der Waals surface area (Å²) in [6, 6.07) is 14.1. The lowest BCUT2D eigenvalue weighted by molar-refractivity contribution is 0.0696. The van der Waals surface area contributed by atoms with Crippen LogP contribution >= 0.6 is 11.8 Å². The molecule has 5 rings (SSSR count). The Kier molecular flexibility index (Phi) is 4.12. The standard InChI is InChI=1S/C22H21NO3S/c24-22(25)14-6-9-20-19(10-14)17-2-1-3-18(17)21(23-20)13-4-7-15(8-5-13)26-16-11-27-12-16/h1-2,4-10,16-18,21,23H,3,11-12H2,(H,24,25)/t17-,18+,21+/m1/s1. The van der Waals surface area contributed by atoms with Gasteiger partial charge in [-0.3, -0.25) is 0 Å². The van der Waals surface area contributed by atoms with Crippen molar-refractivity contribution in [3.05, 3.63) is 71.3 Å². The summed E-state index contributed by atoms with van der Waals surface area (Å²) in [6.45, 7) is 0. The van der Waals surface area contributed by atoms with E-state index in [0.717, 1.165) is 34.9 Å². The van der Waals surface area contributed by atoms with Crippen LogP contribution in [0.1, 0.15) is 39.9 Å². The van der Waals surface area contributed by atoms with Gasteiger partial charge in [-0.05, 0) is 53.8 Å². The van der Waals surface area contributed by atoms with Crippen molar-refractivity contribution < 1.29 is 14.6 Å². The van der Waals surface area contributed by atoms with Crippen molar-refractivity contribution in [2.24, 2.45) is 5.92 Å². The molecule has 2 aromatic carbocycles. The zero-order valence-corrected chi connectivity index (χ0v) is 15.6. The molecule has 0 spiro atoms. The molecule has 0 radical (unpaired) electrons. The number of ether oxygens (including phenoxy) is 1. The molecule has 138 valence electrons. The van der Waals surface area contributed by atoms with Crippen LogP contribution in [0, 0.1) is 5.92 Å². The minimum atomic E-state index is -0.876. The largest absolute Gasteiger partial charge is 0.489 e. The van der Waals surface area contributed by atoms with E-state index in [1.54, 1.807) is 6.07 Å². The van der Waals surface area contributed by atoms with E-state index in [9.17, 15) is 9.90 Å². The van der Waals surface area contributed by atoms with E-state index >= 15 is 0 Å². The Morgan fingerprint density at radius 2 is 1.96 bits per heavy atom. The van der Waals surface area contributed by atoms with E-state index in [0.29, 0.717) is 17.6 Å². The normalized spacial score (nSPS) is 25.9. The predicted molar refractivity (Wildman–Crippen MR) is 108 cm³/mol. The summed E-state index contributed by atoms with van der Waals surface area (Å²) in [5.41, 5.74) is 3.72. The van der Waals surface area contributed by atoms with Crippen LogP contribution in [-0.2, 0) is 0 Å². The third-order valence-electron chi connectivity index (χ3n) is 5.76. The average molecular weight is 379 g/mol. The van der Waals surface area contributed by atoms with E-state index in [4.69, 9.17) is 4.74 Å². The van der Waals surface area contributed by atoms with Crippen LogP contribution in [0.5, 0.6) is 5.75 Å². The van der Waals surface area contributed by atoms with Crippen LogP contribution in [0.25, 0.3) is 0 Å². The third kappa shape index (κ3) is 3.00. The fourth-order valence-corrected chi connectivity index (χ4v) is 4.85. The van der Waals surface area contributed by atoms with Crippen LogP contribution in [0.2, 0.25) is 0 Å². The number of carboxylic acids is 1. The summed E-state index contributed by atoms with van der Waals surface area (Å²) in [7, 11) is 0. The smallest absolute Gasteiger partial charge is 0.335 e. The molecular formula is C22H21NO3S. The van der Waals surface area contributed by atoms with Gasteiger partial charge in [-0.15, -0.1) is 0 Å². The van der Waals surface area contributed by atoms with Gasteiger partial charge in [0.25, 0.3) is 0 Å². The van der Waals surface area contributed by atoms with E-state index in [1.807, 2.05) is 23.9 Å². The number of hydrogen-bond donors (Lipinski definition) is 2. The lowest BCUT2D eigenvalue weighted by Gasteiger charge is -2.37. The quantitative estimate of drug-likeness (QED) is 0.754. The SMILES string of the molecule is O=C(O)c1ccc2c(c1)[C@@H]1C=CC[C@@H]1[C@H](c1ccc(OC3CSC3)cc1)N2. The van der Waals surface area contributed by atoms with Gasteiger partial charge in [0.1, 0.15) is 11.9 Å². The Hall–Kier alpha value is -2.40. The lowest BCUT2D eigenvalue weighted by Crippen LogP contribution is -2.31. The molecule has 5 heteroatoms. The van der Waals surface area contributed by atoms with Gasteiger partial charge in [0, 0.05) is 23.1 Å². The van der Waals surface area contributed by atoms with Crippen molar-refractivity contribution in [2.75, 3.05) is 16.8 Å². The zero-order chi connectivity index (χ0) is 18.4. The number of allylic oxidation sites excluding steroid dienone is 2. The Morgan fingerprint density at radius 1 is 1.15 bits per heavy atom. The molecule has 2 heterocycles. The first-order valence-electron chi connectivity index (χ1n) is 9.34. The van der Waals surface area contributed by atoms with Gasteiger partial charge in [-0.25, -0.2) is 4.79 Å². The summed E-state index contributed by atoms with van der Waals surface area (Å²) in [6.07, 6.45) is 5.80. The number of fused-ring (bicyclic) bond motifs is 3. The second kappa shape index (κ2) is 6.64. The maximum absolute atomic E-state index is 11.3. The minimum absolute atomic E-state index is 0.210. The van der Waals surface area contributed by atoms with Crippen molar-refractivity contribution in [2.45, 2.75) is 24.5 Å². The summed E-state index contributed by atoms with van der Waals surface area (Å²) in [4.78, 5) is 11.3. The molecule has 0 saturated carbocycles. The maximum atomic E-state index is 11.3. The first-order chi connectivity index (χ1) is 13.2. The Morgan fingerprint density at radius 3 is 2.67 bits per heavy atom. The first-order valence-corrected chi connectivity index (χ1v) is 10.5. The molecule has 27 heavy (non-hydrogen) atoms.